The van der Waals surface area contributed by atoms with Crippen molar-refractivity contribution >= 4 is 33.5 Å². The molecule has 5 heteroatoms. The zero-order valence-corrected chi connectivity index (χ0v) is 18.3. The van der Waals surface area contributed by atoms with Crippen molar-refractivity contribution in [1.29, 1.82) is 0 Å². The summed E-state index contributed by atoms with van der Waals surface area (Å²) in [6.45, 7) is 0. The molecule has 0 bridgehead atoms. The highest BCUT2D eigenvalue weighted by molar-refractivity contribution is 9.10. The molecule has 0 fully saturated rings. The summed E-state index contributed by atoms with van der Waals surface area (Å²) in [4.78, 5) is 26.0. The standard InChI is InChI=1S/C26H22BrNO3/c27-19-11-13-20(14-12-19)28-25(29)23-21(17-7-3-1-4-8-17)15-16-22(24(23)26(30)31)18-9-5-2-6-10-18/h1-16,21-24H,(H,28,29)(H,30,31)/t21-,22-,23-,24+/m0/s1. The summed E-state index contributed by atoms with van der Waals surface area (Å²) in [7, 11) is 0. The maximum Gasteiger partial charge on any atom is 0.308 e. The van der Waals surface area contributed by atoms with Crippen LogP contribution in [0.3, 0.4) is 0 Å². The molecule has 1 aliphatic carbocycles. The van der Waals surface area contributed by atoms with E-state index in [0.717, 1.165) is 15.6 Å². The molecule has 0 aromatic heterocycles. The number of benzene rings is 3. The van der Waals surface area contributed by atoms with Gasteiger partial charge in [-0.15, -0.1) is 0 Å². The van der Waals surface area contributed by atoms with E-state index in [0.29, 0.717) is 5.69 Å². The van der Waals surface area contributed by atoms with Gasteiger partial charge in [0.2, 0.25) is 5.91 Å². The van der Waals surface area contributed by atoms with Crippen molar-refractivity contribution in [2.24, 2.45) is 11.8 Å². The van der Waals surface area contributed by atoms with Crippen LogP contribution in [0.15, 0.2) is 102 Å². The molecule has 1 amide bonds. The van der Waals surface area contributed by atoms with Crippen LogP contribution in [0.2, 0.25) is 0 Å². The normalized spacial score (nSPS) is 22.6. The summed E-state index contributed by atoms with van der Waals surface area (Å²) in [5.74, 6) is -3.66. The molecular formula is C26H22BrNO3. The van der Waals surface area contributed by atoms with Gasteiger partial charge in [0.15, 0.2) is 0 Å². The number of carboxylic acids is 1. The van der Waals surface area contributed by atoms with Gasteiger partial charge in [-0.05, 0) is 35.4 Å². The number of aliphatic carboxylic acids is 1. The Morgan fingerprint density at radius 1 is 0.710 bits per heavy atom. The lowest BCUT2D eigenvalue weighted by atomic mass is 9.66. The van der Waals surface area contributed by atoms with E-state index >= 15 is 0 Å². The van der Waals surface area contributed by atoms with Gasteiger partial charge in [-0.3, -0.25) is 9.59 Å². The van der Waals surface area contributed by atoms with Crippen LogP contribution in [0.5, 0.6) is 0 Å². The van der Waals surface area contributed by atoms with Gasteiger partial charge in [0.05, 0.1) is 11.8 Å². The summed E-state index contributed by atoms with van der Waals surface area (Å²) < 4.78 is 0.904. The van der Waals surface area contributed by atoms with Crippen LogP contribution in [-0.2, 0) is 9.59 Å². The second-order valence-corrected chi connectivity index (χ2v) is 8.56. The Kier molecular flexibility index (Phi) is 6.33. The van der Waals surface area contributed by atoms with E-state index in [1.54, 1.807) is 12.1 Å². The first-order valence-corrected chi connectivity index (χ1v) is 10.9. The van der Waals surface area contributed by atoms with Gasteiger partial charge in [0.1, 0.15) is 0 Å². The minimum Gasteiger partial charge on any atom is -0.481 e. The molecule has 3 aromatic rings. The fourth-order valence-electron chi connectivity index (χ4n) is 4.31. The van der Waals surface area contributed by atoms with Gasteiger partial charge in [0, 0.05) is 22.0 Å². The van der Waals surface area contributed by atoms with Gasteiger partial charge in [-0.1, -0.05) is 88.7 Å². The van der Waals surface area contributed by atoms with Gasteiger partial charge in [-0.2, -0.15) is 0 Å². The van der Waals surface area contributed by atoms with Crippen LogP contribution in [-0.4, -0.2) is 17.0 Å². The van der Waals surface area contributed by atoms with Crippen molar-refractivity contribution in [1.82, 2.24) is 0 Å². The molecule has 0 saturated carbocycles. The first kappa shape index (κ1) is 21.1. The predicted molar refractivity (Wildman–Crippen MR) is 125 cm³/mol. The largest absolute Gasteiger partial charge is 0.481 e. The maximum atomic E-state index is 13.5. The van der Waals surface area contributed by atoms with Crippen LogP contribution in [0, 0.1) is 11.8 Å². The number of anilines is 1. The Labute approximate surface area is 189 Å². The Bertz CT molecular complexity index is 1080. The highest BCUT2D eigenvalue weighted by Gasteiger charge is 2.46. The highest BCUT2D eigenvalue weighted by Crippen LogP contribution is 2.45. The average molecular weight is 476 g/mol. The van der Waals surface area contributed by atoms with Crippen LogP contribution < -0.4 is 5.32 Å². The number of amides is 1. The molecule has 0 radical (unpaired) electrons. The molecule has 0 unspecified atom stereocenters. The van der Waals surface area contributed by atoms with Crippen molar-refractivity contribution in [3.63, 3.8) is 0 Å². The van der Waals surface area contributed by atoms with Crippen LogP contribution >= 0.6 is 15.9 Å². The fourth-order valence-corrected chi connectivity index (χ4v) is 4.57. The number of nitrogens with one attached hydrogen (secondary N) is 1. The zero-order chi connectivity index (χ0) is 21.8. The molecule has 31 heavy (non-hydrogen) atoms. The van der Waals surface area contributed by atoms with Crippen LogP contribution in [0.4, 0.5) is 5.69 Å². The molecule has 0 spiro atoms. The fraction of sp³-hybridized carbons (Fsp3) is 0.154. The van der Waals surface area contributed by atoms with Crippen molar-refractivity contribution < 1.29 is 14.7 Å². The first-order valence-electron chi connectivity index (χ1n) is 10.1. The zero-order valence-electron chi connectivity index (χ0n) is 16.7. The Hall–Kier alpha value is -3.18. The van der Waals surface area contributed by atoms with Crippen molar-refractivity contribution in [2.45, 2.75) is 11.8 Å². The molecule has 0 heterocycles. The predicted octanol–water partition coefficient (Wildman–Crippen LogP) is 5.84. The monoisotopic (exact) mass is 475 g/mol. The van der Waals surface area contributed by atoms with E-state index in [4.69, 9.17) is 0 Å². The smallest absolute Gasteiger partial charge is 0.308 e. The third-order valence-corrected chi connectivity index (χ3v) is 6.28. The van der Waals surface area contributed by atoms with Gasteiger partial charge in [0.25, 0.3) is 0 Å². The van der Waals surface area contributed by atoms with E-state index in [-0.39, 0.29) is 17.7 Å². The average Bonchev–Trinajstić information content (AvgIpc) is 2.80. The number of carboxylic acid groups (broad SMARTS) is 1. The molecule has 0 saturated heterocycles. The molecule has 3 aromatic carbocycles. The Morgan fingerprint density at radius 3 is 1.68 bits per heavy atom. The Morgan fingerprint density at radius 2 is 1.19 bits per heavy atom. The first-order chi connectivity index (χ1) is 15.0. The Balaban J connectivity index is 1.76. The third-order valence-electron chi connectivity index (χ3n) is 5.76. The SMILES string of the molecule is O=C(Nc1ccc(Br)cc1)[C@@H]1[C@H](C(=O)O)[C@H](c2ccccc2)C=C[C@H]1c1ccccc1. The highest BCUT2D eigenvalue weighted by atomic mass is 79.9. The number of carbonyl (C=O) groups excluding carboxylic acids is 1. The van der Waals surface area contributed by atoms with Crippen molar-refractivity contribution in [2.75, 3.05) is 5.32 Å². The number of allylic oxidation sites excluding steroid dienone is 2. The minimum atomic E-state index is -0.977. The molecule has 2 N–H and O–H groups in total. The van der Waals surface area contributed by atoms with Crippen molar-refractivity contribution in [3.05, 3.63) is 113 Å². The molecule has 156 valence electrons. The lowest BCUT2D eigenvalue weighted by Crippen LogP contribution is -2.42. The van der Waals surface area contributed by atoms with Crippen LogP contribution in [0.1, 0.15) is 23.0 Å². The number of rotatable bonds is 5. The van der Waals surface area contributed by atoms with E-state index in [2.05, 4.69) is 21.2 Å². The molecule has 1 aliphatic rings. The van der Waals surface area contributed by atoms with E-state index in [9.17, 15) is 14.7 Å². The third kappa shape index (κ3) is 4.62. The summed E-state index contributed by atoms with van der Waals surface area (Å²) in [5, 5.41) is 13.2. The molecule has 0 aliphatic heterocycles. The minimum absolute atomic E-state index is 0.297. The van der Waals surface area contributed by atoms with Crippen LogP contribution in [0.25, 0.3) is 0 Å². The molecule has 4 nitrogen and oxygen atoms in total. The number of hydrogen-bond acceptors (Lipinski definition) is 2. The van der Waals surface area contributed by atoms with Gasteiger partial charge >= 0.3 is 5.97 Å². The second-order valence-electron chi connectivity index (χ2n) is 7.64. The molecule has 4 rings (SSSR count). The second kappa shape index (κ2) is 9.31. The molecule has 4 atom stereocenters. The van der Waals surface area contributed by atoms with Gasteiger partial charge < -0.3 is 10.4 Å². The number of halogens is 1. The van der Waals surface area contributed by atoms with E-state index in [1.165, 1.54) is 0 Å². The van der Waals surface area contributed by atoms with E-state index < -0.39 is 17.8 Å². The molecular weight excluding hydrogens is 454 g/mol. The summed E-state index contributed by atoms with van der Waals surface area (Å²) in [6, 6.07) is 26.4. The summed E-state index contributed by atoms with van der Waals surface area (Å²) in [5.41, 5.74) is 2.45. The lowest BCUT2D eigenvalue weighted by Gasteiger charge is -2.37. The summed E-state index contributed by atoms with van der Waals surface area (Å²) >= 11 is 3.39. The quantitative estimate of drug-likeness (QED) is 0.455. The van der Waals surface area contributed by atoms with Gasteiger partial charge in [-0.25, -0.2) is 0 Å². The topological polar surface area (TPSA) is 66.4 Å². The van der Waals surface area contributed by atoms with Crippen molar-refractivity contribution in [3.8, 4) is 0 Å². The number of hydrogen-bond donors (Lipinski definition) is 2. The lowest BCUT2D eigenvalue weighted by molar-refractivity contribution is -0.147. The number of carbonyl (C=O) groups is 2. The maximum absolute atomic E-state index is 13.5. The summed E-state index contributed by atoms with van der Waals surface area (Å²) in [6.07, 6.45) is 3.92. The van der Waals surface area contributed by atoms with E-state index in [1.807, 2.05) is 84.9 Å².